The second kappa shape index (κ2) is 7.81. The summed E-state index contributed by atoms with van der Waals surface area (Å²) in [6, 6.07) is 14.4. The second-order valence-electron chi connectivity index (χ2n) is 7.53. The Morgan fingerprint density at radius 2 is 1.97 bits per heavy atom. The number of carbonyl (C=O) groups is 1. The minimum absolute atomic E-state index is 0.205. The van der Waals surface area contributed by atoms with Crippen LogP contribution in [0, 0.1) is 11.7 Å². The van der Waals surface area contributed by atoms with Gasteiger partial charge in [0.25, 0.3) is 0 Å². The maximum atomic E-state index is 13.4. The molecule has 3 N–H and O–H groups in total. The van der Waals surface area contributed by atoms with Crippen molar-refractivity contribution in [1.82, 2.24) is 14.8 Å². The number of hydrogen-bond donors (Lipinski definition) is 2. The van der Waals surface area contributed by atoms with Crippen LogP contribution < -0.4 is 15.8 Å². The van der Waals surface area contributed by atoms with Gasteiger partial charge in [-0.3, -0.25) is 9.78 Å². The van der Waals surface area contributed by atoms with Crippen LogP contribution in [0.3, 0.4) is 0 Å². The molecule has 0 spiro atoms. The van der Waals surface area contributed by atoms with E-state index in [1.807, 2.05) is 12.1 Å². The summed E-state index contributed by atoms with van der Waals surface area (Å²) in [5, 5.41) is 8.09. The number of amides is 1. The third kappa shape index (κ3) is 3.85. The molecule has 0 unspecified atom stereocenters. The van der Waals surface area contributed by atoms with Crippen molar-refractivity contribution in [2.24, 2.45) is 11.7 Å². The fourth-order valence-electron chi connectivity index (χ4n) is 3.49. The number of nitrogens with zero attached hydrogens (tertiary/aromatic N) is 3. The van der Waals surface area contributed by atoms with Gasteiger partial charge < -0.3 is 15.8 Å². The number of nitrogens with one attached hydrogen (secondary N) is 1. The summed E-state index contributed by atoms with van der Waals surface area (Å²) in [6.45, 7) is 0. The van der Waals surface area contributed by atoms with Crippen LogP contribution in [0.5, 0.6) is 11.5 Å². The topological polar surface area (TPSA) is 95.1 Å². The van der Waals surface area contributed by atoms with Gasteiger partial charge >= 0.3 is 0 Å². The summed E-state index contributed by atoms with van der Waals surface area (Å²) in [7, 11) is 0. The fraction of sp³-hybridized carbons (Fsp3) is 0.174. The Hall–Kier alpha value is -3.78. The summed E-state index contributed by atoms with van der Waals surface area (Å²) in [5.74, 6) is 0.969. The summed E-state index contributed by atoms with van der Waals surface area (Å²) >= 11 is 0. The van der Waals surface area contributed by atoms with E-state index in [0.717, 1.165) is 12.8 Å². The molecule has 5 rings (SSSR count). The molecule has 1 amide bonds. The van der Waals surface area contributed by atoms with Crippen molar-refractivity contribution in [3.05, 3.63) is 72.8 Å². The van der Waals surface area contributed by atoms with Crippen molar-refractivity contribution >= 4 is 22.6 Å². The molecule has 1 fully saturated rings. The van der Waals surface area contributed by atoms with Gasteiger partial charge in [0.2, 0.25) is 5.91 Å². The zero-order chi connectivity index (χ0) is 21.4. The molecule has 2 aromatic carbocycles. The smallest absolute Gasteiger partial charge is 0.242 e. The molecule has 2 heterocycles. The van der Waals surface area contributed by atoms with Crippen molar-refractivity contribution in [2.45, 2.75) is 18.9 Å². The number of benzene rings is 2. The molecule has 8 heteroatoms. The molecule has 1 aliphatic carbocycles. The Balaban J connectivity index is 1.61. The number of rotatable bonds is 6. The molecule has 0 aliphatic heterocycles. The van der Waals surface area contributed by atoms with E-state index in [4.69, 9.17) is 10.5 Å². The van der Waals surface area contributed by atoms with E-state index in [2.05, 4.69) is 15.4 Å². The number of pyridine rings is 1. The van der Waals surface area contributed by atoms with Gasteiger partial charge in [0.05, 0.1) is 28.8 Å². The van der Waals surface area contributed by atoms with Gasteiger partial charge in [0.1, 0.15) is 17.3 Å². The average Bonchev–Trinajstić information content (AvgIpc) is 3.57. The van der Waals surface area contributed by atoms with Crippen LogP contribution >= 0.6 is 0 Å². The van der Waals surface area contributed by atoms with Crippen molar-refractivity contribution in [3.8, 4) is 17.2 Å². The molecule has 1 saturated carbocycles. The minimum Gasteiger partial charge on any atom is -0.455 e. The number of anilines is 1. The molecule has 0 saturated heterocycles. The van der Waals surface area contributed by atoms with E-state index >= 15 is 0 Å². The summed E-state index contributed by atoms with van der Waals surface area (Å²) in [6.07, 6.45) is 5.17. The van der Waals surface area contributed by atoms with E-state index in [-0.39, 0.29) is 17.6 Å². The number of ether oxygens (including phenoxy) is 1. The third-order valence-electron chi connectivity index (χ3n) is 5.28. The molecule has 4 aromatic rings. The quantitative estimate of drug-likeness (QED) is 0.494. The molecule has 1 atom stereocenters. The van der Waals surface area contributed by atoms with Crippen molar-refractivity contribution in [2.75, 3.05) is 5.32 Å². The monoisotopic (exact) mass is 417 g/mol. The lowest BCUT2D eigenvalue weighted by molar-refractivity contribution is -0.117. The zero-order valence-corrected chi connectivity index (χ0v) is 16.5. The molecule has 7 nitrogen and oxygen atoms in total. The van der Waals surface area contributed by atoms with Gasteiger partial charge in [-0.05, 0) is 67.3 Å². The van der Waals surface area contributed by atoms with Crippen LogP contribution in [-0.2, 0) is 4.79 Å². The Morgan fingerprint density at radius 3 is 2.68 bits per heavy atom. The molecular weight excluding hydrogens is 397 g/mol. The predicted octanol–water partition coefficient (Wildman–Crippen LogP) is 4.03. The molecule has 1 aliphatic rings. The van der Waals surface area contributed by atoms with Crippen LogP contribution in [0.15, 0.2) is 67.0 Å². The molecule has 0 radical (unpaired) electrons. The molecule has 2 aromatic heterocycles. The second-order valence-corrected chi connectivity index (χ2v) is 7.53. The highest BCUT2D eigenvalue weighted by atomic mass is 19.1. The van der Waals surface area contributed by atoms with Crippen LogP contribution in [0.4, 0.5) is 10.2 Å². The first kappa shape index (κ1) is 19.2. The van der Waals surface area contributed by atoms with E-state index in [9.17, 15) is 9.18 Å². The summed E-state index contributed by atoms with van der Waals surface area (Å²) in [5.41, 5.74) is 7.43. The van der Waals surface area contributed by atoms with E-state index < -0.39 is 6.04 Å². The standard InChI is InChI=1S/C23H20FN5O2/c24-15-8-10-16(11-9-15)29-18-4-1-5-19(31-17-3-2-12-26-13-17)20(18)22(28-29)27-23(30)21(25)14-6-7-14/h1-5,8-14,21H,6-7,25H2,(H,27,28,30)/t21-/m0/s1. The van der Waals surface area contributed by atoms with Crippen LogP contribution in [0.25, 0.3) is 16.6 Å². The van der Waals surface area contributed by atoms with Crippen molar-refractivity contribution < 1.29 is 13.9 Å². The van der Waals surface area contributed by atoms with Gasteiger partial charge in [0, 0.05) is 6.20 Å². The van der Waals surface area contributed by atoms with Crippen molar-refractivity contribution in [3.63, 3.8) is 0 Å². The largest absolute Gasteiger partial charge is 0.455 e. The first-order valence-electron chi connectivity index (χ1n) is 10.0. The number of carbonyl (C=O) groups excluding carboxylic acids is 1. The fourth-order valence-corrected chi connectivity index (χ4v) is 3.49. The zero-order valence-electron chi connectivity index (χ0n) is 16.5. The maximum Gasteiger partial charge on any atom is 0.242 e. The normalized spacial score (nSPS) is 14.4. The number of fused-ring (bicyclic) bond motifs is 1. The maximum absolute atomic E-state index is 13.4. The lowest BCUT2D eigenvalue weighted by Gasteiger charge is -2.11. The molecule has 0 bridgehead atoms. The van der Waals surface area contributed by atoms with Gasteiger partial charge in [-0.15, -0.1) is 5.10 Å². The minimum atomic E-state index is -0.586. The molecule has 156 valence electrons. The van der Waals surface area contributed by atoms with Gasteiger partial charge in [0.15, 0.2) is 5.82 Å². The lowest BCUT2D eigenvalue weighted by Crippen LogP contribution is -2.37. The highest BCUT2D eigenvalue weighted by Gasteiger charge is 2.34. The van der Waals surface area contributed by atoms with Crippen LogP contribution in [-0.4, -0.2) is 26.7 Å². The SMILES string of the molecule is N[C@H](C(=O)Nc1nn(-c2ccc(F)cc2)c2cccc(Oc3cccnc3)c12)C1CC1. The highest BCUT2D eigenvalue weighted by Crippen LogP contribution is 2.37. The number of nitrogens with two attached hydrogens (primary N) is 1. The van der Waals surface area contributed by atoms with Gasteiger partial charge in [-0.2, -0.15) is 0 Å². The number of aromatic nitrogens is 3. The molecular formula is C23H20FN5O2. The van der Waals surface area contributed by atoms with Crippen molar-refractivity contribution in [1.29, 1.82) is 0 Å². The first-order valence-corrected chi connectivity index (χ1v) is 10.0. The van der Waals surface area contributed by atoms with E-state index in [1.165, 1.54) is 12.1 Å². The third-order valence-corrected chi connectivity index (χ3v) is 5.28. The van der Waals surface area contributed by atoms with E-state index in [0.29, 0.717) is 33.9 Å². The molecule has 31 heavy (non-hydrogen) atoms. The van der Waals surface area contributed by atoms with Crippen LogP contribution in [0.1, 0.15) is 12.8 Å². The number of halogens is 1. The Kier molecular flexibility index (Phi) is 4.83. The van der Waals surface area contributed by atoms with Gasteiger partial charge in [-0.1, -0.05) is 6.07 Å². The Morgan fingerprint density at radius 1 is 1.16 bits per heavy atom. The number of hydrogen-bond acceptors (Lipinski definition) is 5. The lowest BCUT2D eigenvalue weighted by atomic mass is 10.2. The first-order chi connectivity index (χ1) is 15.1. The van der Waals surface area contributed by atoms with Crippen LogP contribution in [0.2, 0.25) is 0 Å². The Labute approximate surface area is 177 Å². The highest BCUT2D eigenvalue weighted by molar-refractivity contribution is 6.05. The average molecular weight is 417 g/mol. The Bertz CT molecular complexity index is 1240. The van der Waals surface area contributed by atoms with Gasteiger partial charge in [-0.25, -0.2) is 9.07 Å². The van der Waals surface area contributed by atoms with E-state index in [1.54, 1.807) is 47.4 Å². The summed E-state index contributed by atoms with van der Waals surface area (Å²) < 4.78 is 21.1. The predicted molar refractivity (Wildman–Crippen MR) is 115 cm³/mol. The summed E-state index contributed by atoms with van der Waals surface area (Å²) in [4.78, 5) is 16.8.